The van der Waals surface area contributed by atoms with Gasteiger partial charge in [-0.3, -0.25) is 19.3 Å². The number of ether oxygens (including phenoxy) is 3. The highest BCUT2D eigenvalue weighted by atomic mass is 16.5. The quantitative estimate of drug-likeness (QED) is 0.253. The molecule has 0 saturated carbocycles. The largest absolute Gasteiger partial charge is 0.481 e. The van der Waals surface area contributed by atoms with Gasteiger partial charge in [0.1, 0.15) is 13.5 Å². The maximum absolute atomic E-state index is 10.4. The van der Waals surface area contributed by atoms with E-state index in [1.807, 2.05) is 0 Å². The van der Waals surface area contributed by atoms with E-state index >= 15 is 0 Å². The van der Waals surface area contributed by atoms with Crippen LogP contribution in [0.5, 0.6) is 0 Å². The number of carboxylic acids is 3. The molecular formula is C13H23NO9. The Kier molecular flexibility index (Phi) is 12.8. The standard InChI is InChI=1S/C13H23NO9/c15-11(16)1-5-21-8-4-14(9-22-6-2-12(17)18)10-23-7-3-13(19)20/h1-10H2,(H,15,16)(H,17,18)(H,19,20). The molecule has 10 heteroatoms. The first-order valence-electron chi connectivity index (χ1n) is 7.02. The van der Waals surface area contributed by atoms with Gasteiger partial charge in [-0.05, 0) is 0 Å². The molecule has 0 atom stereocenters. The Balaban J connectivity index is 3.92. The molecule has 0 bridgehead atoms. The van der Waals surface area contributed by atoms with Crippen LogP contribution in [-0.4, -0.2) is 84.6 Å². The molecule has 0 aliphatic carbocycles. The summed E-state index contributed by atoms with van der Waals surface area (Å²) in [7, 11) is 0. The van der Waals surface area contributed by atoms with Crippen LogP contribution >= 0.6 is 0 Å². The maximum atomic E-state index is 10.4. The van der Waals surface area contributed by atoms with Gasteiger partial charge in [-0.15, -0.1) is 0 Å². The molecule has 0 unspecified atom stereocenters. The predicted octanol–water partition coefficient (Wildman–Crippen LogP) is -0.323. The highest BCUT2D eigenvalue weighted by Crippen LogP contribution is 1.95. The molecule has 0 fully saturated rings. The summed E-state index contributed by atoms with van der Waals surface area (Å²) in [6.45, 7) is 0.994. The van der Waals surface area contributed by atoms with Crippen molar-refractivity contribution in [1.29, 1.82) is 0 Å². The van der Waals surface area contributed by atoms with E-state index in [9.17, 15) is 14.4 Å². The van der Waals surface area contributed by atoms with Gasteiger partial charge in [-0.25, -0.2) is 0 Å². The zero-order chi connectivity index (χ0) is 17.5. The first-order valence-corrected chi connectivity index (χ1v) is 7.02. The molecule has 0 aromatic carbocycles. The summed E-state index contributed by atoms with van der Waals surface area (Å²) in [4.78, 5) is 32.7. The molecule has 0 aliphatic heterocycles. The molecule has 10 nitrogen and oxygen atoms in total. The van der Waals surface area contributed by atoms with Crippen LogP contribution in [0.15, 0.2) is 0 Å². The molecule has 0 saturated heterocycles. The second kappa shape index (κ2) is 13.9. The third-order valence-corrected chi connectivity index (χ3v) is 2.48. The molecule has 134 valence electrons. The van der Waals surface area contributed by atoms with Crippen molar-refractivity contribution in [3.8, 4) is 0 Å². The summed E-state index contributed by atoms with van der Waals surface area (Å²) in [5.74, 6) is -2.88. The van der Waals surface area contributed by atoms with Gasteiger partial charge >= 0.3 is 17.9 Å². The van der Waals surface area contributed by atoms with Crippen LogP contribution in [0.3, 0.4) is 0 Å². The van der Waals surface area contributed by atoms with Crippen LogP contribution in [0.4, 0.5) is 0 Å². The highest BCUT2D eigenvalue weighted by molar-refractivity contribution is 5.67. The Morgan fingerprint density at radius 3 is 1.43 bits per heavy atom. The molecule has 0 spiro atoms. The average Bonchev–Trinajstić information content (AvgIpc) is 2.45. The fraction of sp³-hybridized carbons (Fsp3) is 0.769. The van der Waals surface area contributed by atoms with Gasteiger partial charge in [-0.1, -0.05) is 0 Å². The summed E-state index contributed by atoms with van der Waals surface area (Å²) >= 11 is 0. The molecule has 0 amide bonds. The lowest BCUT2D eigenvalue weighted by Gasteiger charge is -2.21. The average molecular weight is 337 g/mol. The van der Waals surface area contributed by atoms with Crippen molar-refractivity contribution in [2.45, 2.75) is 19.3 Å². The van der Waals surface area contributed by atoms with Gasteiger partial charge in [-0.2, -0.15) is 0 Å². The van der Waals surface area contributed by atoms with Gasteiger partial charge in [0.05, 0.1) is 45.7 Å². The number of hydrogen-bond donors (Lipinski definition) is 3. The van der Waals surface area contributed by atoms with Crippen molar-refractivity contribution in [1.82, 2.24) is 4.90 Å². The fourth-order valence-corrected chi connectivity index (χ4v) is 1.33. The third-order valence-electron chi connectivity index (χ3n) is 2.48. The van der Waals surface area contributed by atoms with E-state index in [1.165, 1.54) is 0 Å². The van der Waals surface area contributed by atoms with Gasteiger partial charge in [0.25, 0.3) is 0 Å². The van der Waals surface area contributed by atoms with Crippen LogP contribution in [0.2, 0.25) is 0 Å². The highest BCUT2D eigenvalue weighted by Gasteiger charge is 2.07. The van der Waals surface area contributed by atoms with Gasteiger partial charge in [0, 0.05) is 6.54 Å². The SMILES string of the molecule is O=C(O)CCOCCN(COCCC(=O)O)COCCC(=O)O. The van der Waals surface area contributed by atoms with E-state index in [2.05, 4.69) is 0 Å². The van der Waals surface area contributed by atoms with Crippen molar-refractivity contribution < 1.29 is 43.9 Å². The number of carboxylic acid groups (broad SMARTS) is 3. The van der Waals surface area contributed by atoms with E-state index in [1.54, 1.807) is 4.90 Å². The number of aliphatic carboxylic acids is 3. The van der Waals surface area contributed by atoms with E-state index in [0.29, 0.717) is 6.54 Å². The van der Waals surface area contributed by atoms with Gasteiger partial charge in [0.2, 0.25) is 0 Å². The van der Waals surface area contributed by atoms with Crippen LogP contribution < -0.4 is 0 Å². The molecule has 0 rings (SSSR count). The summed E-state index contributed by atoms with van der Waals surface area (Å²) < 4.78 is 15.5. The Morgan fingerprint density at radius 1 is 0.652 bits per heavy atom. The molecule has 23 heavy (non-hydrogen) atoms. The van der Waals surface area contributed by atoms with E-state index in [-0.39, 0.29) is 59.2 Å². The monoisotopic (exact) mass is 337 g/mol. The molecule has 3 N–H and O–H groups in total. The smallest absolute Gasteiger partial charge is 0.305 e. The van der Waals surface area contributed by atoms with Crippen molar-refractivity contribution in [3.63, 3.8) is 0 Å². The fourth-order valence-electron chi connectivity index (χ4n) is 1.33. The zero-order valence-corrected chi connectivity index (χ0v) is 12.8. The number of hydrogen-bond acceptors (Lipinski definition) is 7. The summed E-state index contributed by atoms with van der Waals surface area (Å²) in [6, 6.07) is 0. The topological polar surface area (TPSA) is 143 Å². The van der Waals surface area contributed by atoms with Crippen molar-refractivity contribution in [2.75, 3.05) is 46.4 Å². The van der Waals surface area contributed by atoms with Crippen molar-refractivity contribution in [2.24, 2.45) is 0 Å². The van der Waals surface area contributed by atoms with Crippen LogP contribution in [0.1, 0.15) is 19.3 Å². The van der Waals surface area contributed by atoms with Crippen molar-refractivity contribution in [3.05, 3.63) is 0 Å². The first-order chi connectivity index (χ1) is 10.9. The lowest BCUT2D eigenvalue weighted by molar-refractivity contribution is -0.140. The molecule has 0 aromatic heterocycles. The van der Waals surface area contributed by atoms with E-state index in [4.69, 9.17) is 29.5 Å². The lowest BCUT2D eigenvalue weighted by atomic mass is 10.5. The van der Waals surface area contributed by atoms with E-state index < -0.39 is 17.9 Å². The third kappa shape index (κ3) is 16.4. The van der Waals surface area contributed by atoms with Crippen LogP contribution in [-0.2, 0) is 28.6 Å². The minimum Gasteiger partial charge on any atom is -0.481 e. The summed E-state index contributed by atoms with van der Waals surface area (Å²) in [5.41, 5.74) is 0. The second-order valence-corrected chi connectivity index (χ2v) is 4.51. The molecular weight excluding hydrogens is 314 g/mol. The number of carbonyl (C=O) groups is 3. The number of nitrogens with zero attached hydrogens (tertiary/aromatic N) is 1. The van der Waals surface area contributed by atoms with Gasteiger partial charge in [0.15, 0.2) is 0 Å². The maximum Gasteiger partial charge on any atom is 0.305 e. The minimum absolute atomic E-state index is 0.0425. The summed E-state index contributed by atoms with van der Waals surface area (Å²) in [5, 5.41) is 25.5. The van der Waals surface area contributed by atoms with Crippen molar-refractivity contribution >= 4 is 17.9 Å². The minimum atomic E-state index is -0.966. The number of rotatable bonds is 16. The molecule has 0 aromatic rings. The zero-order valence-electron chi connectivity index (χ0n) is 12.8. The Hall–Kier alpha value is -1.75. The normalized spacial score (nSPS) is 10.8. The Bertz CT molecular complexity index is 339. The van der Waals surface area contributed by atoms with Crippen LogP contribution in [0, 0.1) is 0 Å². The molecule has 0 radical (unpaired) electrons. The molecule has 0 aliphatic rings. The second-order valence-electron chi connectivity index (χ2n) is 4.51. The predicted molar refractivity (Wildman–Crippen MR) is 75.9 cm³/mol. The summed E-state index contributed by atoms with van der Waals surface area (Å²) in [6.07, 6.45) is -0.337. The molecule has 0 heterocycles. The lowest BCUT2D eigenvalue weighted by Crippen LogP contribution is -2.33. The van der Waals surface area contributed by atoms with Gasteiger partial charge < -0.3 is 29.5 Å². The van der Waals surface area contributed by atoms with E-state index in [0.717, 1.165) is 0 Å². The first kappa shape index (κ1) is 21.2. The Labute approximate surface area is 133 Å². The van der Waals surface area contributed by atoms with Crippen LogP contribution in [0.25, 0.3) is 0 Å². The Morgan fingerprint density at radius 2 is 1.04 bits per heavy atom.